The maximum atomic E-state index is 2.21. The first-order chi connectivity index (χ1) is 4.83. The minimum absolute atomic E-state index is 0. The fourth-order valence-corrected chi connectivity index (χ4v) is 1.04. The second kappa shape index (κ2) is 5.49. The van der Waals surface area contributed by atoms with Crippen LogP contribution in [0.1, 0.15) is 24.5 Å². The van der Waals surface area contributed by atoms with E-state index in [0.29, 0.717) is 0 Å². The summed E-state index contributed by atoms with van der Waals surface area (Å²) in [5.74, 6) is 0. The molecule has 0 aliphatic heterocycles. The second-order valence-electron chi connectivity index (χ2n) is 2.74. The standard InChI is InChI=1S/C10H14.Ru/c1-3-4-10-7-5-9(2)6-8-10;/h5-8H,3-4H2,1-2H3;. The van der Waals surface area contributed by atoms with Crippen LogP contribution in [0.3, 0.4) is 0 Å². The molecule has 0 saturated carbocycles. The minimum atomic E-state index is 0. The average molecular weight is 235 g/mol. The Morgan fingerprint density at radius 2 is 1.64 bits per heavy atom. The molecule has 0 fully saturated rings. The van der Waals surface area contributed by atoms with Crippen LogP contribution < -0.4 is 0 Å². The summed E-state index contributed by atoms with van der Waals surface area (Å²) >= 11 is 0. The van der Waals surface area contributed by atoms with Gasteiger partial charge in [0.15, 0.2) is 0 Å². The molecule has 0 spiro atoms. The van der Waals surface area contributed by atoms with Gasteiger partial charge < -0.3 is 0 Å². The third kappa shape index (κ3) is 3.67. The molecule has 0 unspecified atom stereocenters. The van der Waals surface area contributed by atoms with Crippen LogP contribution in [0.2, 0.25) is 0 Å². The van der Waals surface area contributed by atoms with Crippen molar-refractivity contribution in [2.45, 2.75) is 26.7 Å². The molecule has 62 valence electrons. The maximum absolute atomic E-state index is 2.21. The third-order valence-corrected chi connectivity index (χ3v) is 1.66. The van der Waals surface area contributed by atoms with Gasteiger partial charge in [-0.15, -0.1) is 0 Å². The van der Waals surface area contributed by atoms with Gasteiger partial charge in [0.1, 0.15) is 0 Å². The molecule has 1 rings (SSSR count). The molecule has 1 aromatic carbocycles. The van der Waals surface area contributed by atoms with Crippen LogP contribution >= 0.6 is 0 Å². The number of aryl methyl sites for hydroxylation is 2. The normalized spacial score (nSPS) is 8.91. The molecule has 0 atom stereocenters. The Hall–Kier alpha value is -0.157. The minimum Gasteiger partial charge on any atom is -0.0651 e. The van der Waals surface area contributed by atoms with E-state index < -0.39 is 0 Å². The molecule has 0 radical (unpaired) electrons. The fraction of sp³-hybridized carbons (Fsp3) is 0.400. The molecule has 0 bridgehead atoms. The van der Waals surface area contributed by atoms with Gasteiger partial charge in [0.25, 0.3) is 0 Å². The maximum Gasteiger partial charge on any atom is 0 e. The van der Waals surface area contributed by atoms with Gasteiger partial charge in [0.05, 0.1) is 0 Å². The molecule has 0 aromatic heterocycles. The van der Waals surface area contributed by atoms with Crippen LogP contribution in [0.4, 0.5) is 0 Å². The van der Waals surface area contributed by atoms with Crippen molar-refractivity contribution < 1.29 is 19.5 Å². The predicted molar refractivity (Wildman–Crippen MR) is 45.2 cm³/mol. The number of rotatable bonds is 2. The van der Waals surface area contributed by atoms with Crippen molar-refractivity contribution in [1.82, 2.24) is 0 Å². The average Bonchev–Trinajstić information content (AvgIpc) is 1.95. The van der Waals surface area contributed by atoms with E-state index in [0.717, 1.165) is 0 Å². The van der Waals surface area contributed by atoms with Crippen molar-refractivity contribution >= 4 is 0 Å². The van der Waals surface area contributed by atoms with Crippen molar-refractivity contribution in [2.24, 2.45) is 0 Å². The predicted octanol–water partition coefficient (Wildman–Crippen LogP) is 2.95. The Balaban J connectivity index is 0.000001000. The molecule has 11 heavy (non-hydrogen) atoms. The second-order valence-corrected chi connectivity index (χ2v) is 2.74. The molecule has 0 N–H and O–H groups in total. The summed E-state index contributed by atoms with van der Waals surface area (Å²) in [5.41, 5.74) is 2.80. The molecule has 1 heteroatoms. The molecule has 0 nitrogen and oxygen atoms in total. The quantitative estimate of drug-likeness (QED) is 0.691. The fourth-order valence-electron chi connectivity index (χ4n) is 1.04. The summed E-state index contributed by atoms with van der Waals surface area (Å²) in [5, 5.41) is 0. The first-order valence-electron chi connectivity index (χ1n) is 3.88. The van der Waals surface area contributed by atoms with Crippen molar-refractivity contribution in [3.05, 3.63) is 35.4 Å². The van der Waals surface area contributed by atoms with E-state index in [1.807, 2.05) is 0 Å². The van der Waals surface area contributed by atoms with E-state index in [1.165, 1.54) is 24.0 Å². The van der Waals surface area contributed by atoms with Gasteiger partial charge in [-0.3, -0.25) is 0 Å². The molecule has 0 aliphatic rings. The van der Waals surface area contributed by atoms with Crippen molar-refractivity contribution in [3.63, 3.8) is 0 Å². The van der Waals surface area contributed by atoms with Crippen LogP contribution in [-0.2, 0) is 25.9 Å². The van der Waals surface area contributed by atoms with Crippen molar-refractivity contribution in [3.8, 4) is 0 Å². The van der Waals surface area contributed by atoms with Crippen molar-refractivity contribution in [2.75, 3.05) is 0 Å². The molecule has 0 heterocycles. The Bertz CT molecular complexity index is 189. The molecule has 0 saturated heterocycles. The molecule has 0 aliphatic carbocycles. The number of hydrogen-bond donors (Lipinski definition) is 0. The zero-order valence-electron chi connectivity index (χ0n) is 7.08. The van der Waals surface area contributed by atoms with Gasteiger partial charge >= 0.3 is 0 Å². The molecular formula is C10H14Ru. The summed E-state index contributed by atoms with van der Waals surface area (Å²) in [7, 11) is 0. The van der Waals surface area contributed by atoms with E-state index >= 15 is 0 Å². The van der Waals surface area contributed by atoms with Crippen LogP contribution in [0, 0.1) is 6.92 Å². The van der Waals surface area contributed by atoms with Gasteiger partial charge in [0, 0.05) is 19.5 Å². The Labute approximate surface area is 81.8 Å². The van der Waals surface area contributed by atoms with Gasteiger partial charge in [-0.2, -0.15) is 0 Å². The molecular weight excluding hydrogens is 221 g/mol. The van der Waals surface area contributed by atoms with Crippen LogP contribution in [0.5, 0.6) is 0 Å². The zero-order chi connectivity index (χ0) is 7.40. The molecule has 1 aromatic rings. The van der Waals surface area contributed by atoms with E-state index in [2.05, 4.69) is 38.1 Å². The summed E-state index contributed by atoms with van der Waals surface area (Å²) in [4.78, 5) is 0. The third-order valence-electron chi connectivity index (χ3n) is 1.66. The van der Waals surface area contributed by atoms with Gasteiger partial charge in [0.2, 0.25) is 0 Å². The summed E-state index contributed by atoms with van der Waals surface area (Å²) < 4.78 is 0. The van der Waals surface area contributed by atoms with E-state index in [1.54, 1.807) is 0 Å². The first kappa shape index (κ1) is 10.8. The monoisotopic (exact) mass is 236 g/mol. The first-order valence-corrected chi connectivity index (χ1v) is 3.88. The molecule has 0 amide bonds. The van der Waals surface area contributed by atoms with E-state index in [4.69, 9.17) is 0 Å². The van der Waals surface area contributed by atoms with Crippen LogP contribution in [-0.4, -0.2) is 0 Å². The zero-order valence-corrected chi connectivity index (χ0v) is 8.82. The van der Waals surface area contributed by atoms with Gasteiger partial charge in [-0.25, -0.2) is 0 Å². The number of benzene rings is 1. The smallest absolute Gasteiger partial charge is 0 e. The van der Waals surface area contributed by atoms with E-state index in [-0.39, 0.29) is 19.5 Å². The summed E-state index contributed by atoms with van der Waals surface area (Å²) in [6.07, 6.45) is 2.45. The summed E-state index contributed by atoms with van der Waals surface area (Å²) in [6, 6.07) is 8.76. The Morgan fingerprint density at radius 3 is 2.09 bits per heavy atom. The van der Waals surface area contributed by atoms with Gasteiger partial charge in [-0.1, -0.05) is 43.2 Å². The summed E-state index contributed by atoms with van der Waals surface area (Å²) in [6.45, 7) is 4.33. The van der Waals surface area contributed by atoms with Gasteiger partial charge in [-0.05, 0) is 18.9 Å². The SMILES string of the molecule is CCCc1ccc(C)cc1.[Ru]. The van der Waals surface area contributed by atoms with Crippen LogP contribution in [0.25, 0.3) is 0 Å². The van der Waals surface area contributed by atoms with E-state index in [9.17, 15) is 0 Å². The Morgan fingerprint density at radius 1 is 1.09 bits per heavy atom. The van der Waals surface area contributed by atoms with Crippen LogP contribution in [0.15, 0.2) is 24.3 Å². The number of hydrogen-bond acceptors (Lipinski definition) is 0. The van der Waals surface area contributed by atoms with Crippen molar-refractivity contribution in [1.29, 1.82) is 0 Å². The Kier molecular flexibility index (Phi) is 5.41. The topological polar surface area (TPSA) is 0 Å². The largest absolute Gasteiger partial charge is 0.0651 e.